The Hall–Kier alpha value is -2.51. The molecule has 0 unspecified atom stereocenters. The Bertz CT molecular complexity index is 888. The summed E-state index contributed by atoms with van der Waals surface area (Å²) in [4.78, 5) is 20.8. The molecule has 29 heavy (non-hydrogen) atoms. The molecule has 0 fully saturated rings. The molecule has 1 amide bonds. The van der Waals surface area contributed by atoms with Gasteiger partial charge in [0.25, 0.3) is 5.91 Å². The van der Waals surface area contributed by atoms with Gasteiger partial charge in [-0.05, 0) is 41.8 Å². The van der Waals surface area contributed by atoms with Crippen LogP contribution in [0.4, 0.5) is 5.82 Å². The highest BCUT2D eigenvalue weighted by Gasteiger charge is 2.19. The summed E-state index contributed by atoms with van der Waals surface area (Å²) in [7, 11) is 7.02. The number of methoxy groups -OCH3 is 2. The number of anilines is 1. The minimum Gasteiger partial charge on any atom is -0.493 e. The maximum absolute atomic E-state index is 12.5. The SMILES string of the molecule is COc1cc2c(cc1OC)CN(CCNC(=O)c1cc(Cl)nc(N(C)C)c1)CC2. The average Bonchev–Trinajstić information content (AvgIpc) is 2.71. The van der Waals surface area contributed by atoms with Gasteiger partial charge in [-0.2, -0.15) is 0 Å². The van der Waals surface area contributed by atoms with Gasteiger partial charge >= 0.3 is 0 Å². The van der Waals surface area contributed by atoms with Crippen LogP contribution < -0.4 is 19.7 Å². The molecular formula is C21H27ClN4O3. The third kappa shape index (κ3) is 5.10. The van der Waals surface area contributed by atoms with Crippen molar-refractivity contribution in [3.63, 3.8) is 0 Å². The van der Waals surface area contributed by atoms with E-state index < -0.39 is 0 Å². The summed E-state index contributed by atoms with van der Waals surface area (Å²) in [5.74, 6) is 2.01. The minimum absolute atomic E-state index is 0.152. The summed E-state index contributed by atoms with van der Waals surface area (Å²) in [6.45, 7) is 3.07. The molecule has 0 radical (unpaired) electrons. The average molecular weight is 419 g/mol. The Morgan fingerprint density at radius 1 is 1.17 bits per heavy atom. The van der Waals surface area contributed by atoms with Crippen molar-refractivity contribution in [2.24, 2.45) is 0 Å². The second-order valence-corrected chi connectivity index (χ2v) is 7.58. The number of rotatable bonds is 7. The second-order valence-electron chi connectivity index (χ2n) is 7.19. The summed E-state index contributed by atoms with van der Waals surface area (Å²) in [5.41, 5.74) is 3.02. The normalized spacial score (nSPS) is 13.6. The first kappa shape index (κ1) is 21.2. The molecule has 1 N–H and O–H groups in total. The topological polar surface area (TPSA) is 66.9 Å². The number of carbonyl (C=O) groups is 1. The first-order valence-corrected chi connectivity index (χ1v) is 9.88. The first-order chi connectivity index (χ1) is 13.9. The quantitative estimate of drug-likeness (QED) is 0.697. The summed E-state index contributed by atoms with van der Waals surface area (Å²) in [6.07, 6.45) is 0.940. The monoisotopic (exact) mass is 418 g/mol. The molecule has 0 saturated heterocycles. The molecule has 1 aromatic carbocycles. The number of hydrogen-bond donors (Lipinski definition) is 1. The van der Waals surface area contributed by atoms with Crippen LogP contribution in [0.1, 0.15) is 21.5 Å². The Labute approximate surface area is 176 Å². The summed E-state index contributed by atoms with van der Waals surface area (Å²) >= 11 is 6.04. The number of ether oxygens (including phenoxy) is 2. The number of pyridine rings is 1. The van der Waals surface area contributed by atoms with Crippen molar-refractivity contribution in [2.45, 2.75) is 13.0 Å². The Morgan fingerprint density at radius 3 is 2.52 bits per heavy atom. The van der Waals surface area contributed by atoms with E-state index in [0.717, 1.165) is 37.6 Å². The lowest BCUT2D eigenvalue weighted by Crippen LogP contribution is -2.37. The molecule has 1 aliphatic rings. The zero-order valence-corrected chi connectivity index (χ0v) is 18.0. The first-order valence-electron chi connectivity index (χ1n) is 9.50. The van der Waals surface area contributed by atoms with Crippen LogP contribution in [0, 0.1) is 0 Å². The van der Waals surface area contributed by atoms with E-state index >= 15 is 0 Å². The Kier molecular flexibility index (Phi) is 6.82. The zero-order valence-electron chi connectivity index (χ0n) is 17.3. The van der Waals surface area contributed by atoms with E-state index in [0.29, 0.717) is 23.1 Å². The van der Waals surface area contributed by atoms with Crippen LogP contribution >= 0.6 is 11.6 Å². The number of amides is 1. The zero-order chi connectivity index (χ0) is 21.0. The number of carbonyl (C=O) groups excluding carboxylic acids is 1. The molecule has 1 aliphatic heterocycles. The van der Waals surface area contributed by atoms with Crippen LogP contribution in [0.15, 0.2) is 24.3 Å². The fraction of sp³-hybridized carbons (Fsp3) is 0.429. The highest BCUT2D eigenvalue weighted by Crippen LogP contribution is 2.33. The summed E-state index contributed by atoms with van der Waals surface area (Å²) < 4.78 is 10.8. The van der Waals surface area contributed by atoms with Crippen LogP contribution in [-0.4, -0.2) is 63.7 Å². The fourth-order valence-electron chi connectivity index (χ4n) is 3.41. The number of hydrogen-bond acceptors (Lipinski definition) is 6. The highest BCUT2D eigenvalue weighted by molar-refractivity contribution is 6.29. The third-order valence-electron chi connectivity index (χ3n) is 5.01. The van der Waals surface area contributed by atoms with Crippen molar-refractivity contribution in [3.8, 4) is 11.5 Å². The third-order valence-corrected chi connectivity index (χ3v) is 5.21. The smallest absolute Gasteiger partial charge is 0.251 e. The molecular weight excluding hydrogens is 392 g/mol. The van der Waals surface area contributed by atoms with Crippen LogP contribution in [0.3, 0.4) is 0 Å². The van der Waals surface area contributed by atoms with Crippen LogP contribution in [-0.2, 0) is 13.0 Å². The number of fused-ring (bicyclic) bond motifs is 1. The van der Waals surface area contributed by atoms with Crippen molar-refractivity contribution in [1.82, 2.24) is 15.2 Å². The van der Waals surface area contributed by atoms with Crippen LogP contribution in [0.5, 0.6) is 11.5 Å². The molecule has 2 heterocycles. The van der Waals surface area contributed by atoms with Crippen molar-refractivity contribution in [3.05, 3.63) is 46.1 Å². The van der Waals surface area contributed by atoms with Crippen LogP contribution in [0.25, 0.3) is 0 Å². The predicted molar refractivity (Wildman–Crippen MR) is 114 cm³/mol. The number of aromatic nitrogens is 1. The largest absolute Gasteiger partial charge is 0.493 e. The Balaban J connectivity index is 1.57. The van der Waals surface area contributed by atoms with E-state index in [-0.39, 0.29) is 5.91 Å². The van der Waals surface area contributed by atoms with Gasteiger partial charge in [-0.15, -0.1) is 0 Å². The molecule has 8 heteroatoms. The number of benzene rings is 1. The van der Waals surface area contributed by atoms with Gasteiger partial charge in [0.05, 0.1) is 14.2 Å². The van der Waals surface area contributed by atoms with Gasteiger partial charge in [-0.25, -0.2) is 4.98 Å². The summed E-state index contributed by atoms with van der Waals surface area (Å²) in [6, 6.07) is 7.42. The van der Waals surface area contributed by atoms with Crippen molar-refractivity contribution >= 4 is 23.3 Å². The van der Waals surface area contributed by atoms with Crippen molar-refractivity contribution in [2.75, 3.05) is 52.8 Å². The lowest BCUT2D eigenvalue weighted by Gasteiger charge is -2.29. The van der Waals surface area contributed by atoms with Gasteiger partial charge < -0.3 is 19.7 Å². The van der Waals surface area contributed by atoms with Gasteiger partial charge in [-0.3, -0.25) is 9.69 Å². The van der Waals surface area contributed by atoms with E-state index in [1.807, 2.05) is 25.1 Å². The maximum Gasteiger partial charge on any atom is 0.251 e. The number of nitrogens with zero attached hydrogens (tertiary/aromatic N) is 3. The predicted octanol–water partition coefficient (Wildman–Crippen LogP) is 2.61. The van der Waals surface area contributed by atoms with Gasteiger partial charge in [0.15, 0.2) is 11.5 Å². The lowest BCUT2D eigenvalue weighted by molar-refractivity contribution is 0.0947. The molecule has 1 aromatic heterocycles. The molecule has 0 saturated carbocycles. The molecule has 2 aromatic rings. The van der Waals surface area contributed by atoms with Crippen molar-refractivity contribution < 1.29 is 14.3 Å². The highest BCUT2D eigenvalue weighted by atomic mass is 35.5. The van der Waals surface area contributed by atoms with Gasteiger partial charge in [0.1, 0.15) is 11.0 Å². The molecule has 156 valence electrons. The van der Waals surface area contributed by atoms with E-state index in [1.54, 1.807) is 26.4 Å². The molecule has 7 nitrogen and oxygen atoms in total. The molecule has 0 bridgehead atoms. The van der Waals surface area contributed by atoms with Gasteiger partial charge in [0, 0.05) is 45.8 Å². The molecule has 0 spiro atoms. The van der Waals surface area contributed by atoms with Gasteiger partial charge in [-0.1, -0.05) is 11.6 Å². The van der Waals surface area contributed by atoms with E-state index in [1.165, 1.54) is 11.1 Å². The standard InChI is InChI=1S/C21H27ClN4O3/c1-25(2)20-12-15(11-19(22)24-20)21(27)23-6-8-26-7-5-14-9-17(28-3)18(29-4)10-16(14)13-26/h9-12H,5-8,13H2,1-4H3,(H,23,27). The molecule has 0 aliphatic carbocycles. The van der Waals surface area contributed by atoms with E-state index in [9.17, 15) is 4.79 Å². The second kappa shape index (κ2) is 9.33. The number of nitrogens with one attached hydrogen (secondary N) is 1. The maximum atomic E-state index is 12.5. The van der Waals surface area contributed by atoms with E-state index in [2.05, 4.69) is 21.3 Å². The fourth-order valence-corrected chi connectivity index (χ4v) is 3.61. The van der Waals surface area contributed by atoms with Crippen molar-refractivity contribution in [1.29, 1.82) is 0 Å². The lowest BCUT2D eigenvalue weighted by atomic mass is 9.99. The molecule has 0 atom stereocenters. The van der Waals surface area contributed by atoms with E-state index in [4.69, 9.17) is 21.1 Å². The van der Waals surface area contributed by atoms with Crippen LogP contribution in [0.2, 0.25) is 5.15 Å². The summed E-state index contributed by atoms with van der Waals surface area (Å²) in [5, 5.41) is 3.28. The number of halogens is 1. The molecule has 3 rings (SSSR count). The van der Waals surface area contributed by atoms with Gasteiger partial charge in [0.2, 0.25) is 0 Å². The Morgan fingerprint density at radius 2 is 1.86 bits per heavy atom. The minimum atomic E-state index is -0.152.